The Labute approximate surface area is 193 Å². The van der Waals surface area contributed by atoms with E-state index in [0.717, 1.165) is 27.6 Å². The van der Waals surface area contributed by atoms with E-state index in [9.17, 15) is 9.59 Å². The number of hydrogen-bond donors (Lipinski definition) is 1. The van der Waals surface area contributed by atoms with Gasteiger partial charge >= 0.3 is 0 Å². The van der Waals surface area contributed by atoms with Crippen LogP contribution in [0.2, 0.25) is 0 Å². The highest BCUT2D eigenvalue weighted by atomic mass is 32.2. The van der Waals surface area contributed by atoms with Crippen LogP contribution in [0, 0.1) is 0 Å². The Bertz CT molecular complexity index is 1010. The molecule has 166 valence electrons. The molecule has 0 radical (unpaired) electrons. The van der Waals surface area contributed by atoms with Crippen molar-refractivity contribution >= 4 is 35.0 Å². The third kappa shape index (κ3) is 6.89. The number of para-hydroxylation sites is 1. The summed E-state index contributed by atoms with van der Waals surface area (Å²) in [5.74, 6) is 1.53. The van der Waals surface area contributed by atoms with Gasteiger partial charge in [0.05, 0.1) is 13.5 Å². The number of likely N-dealkylation sites (N-methyl/N-ethyl adjacent to an activating group) is 1. The van der Waals surface area contributed by atoms with Gasteiger partial charge in [0, 0.05) is 35.0 Å². The predicted molar refractivity (Wildman–Crippen MR) is 132 cm³/mol. The summed E-state index contributed by atoms with van der Waals surface area (Å²) in [6.07, 6.45) is 0.731. The van der Waals surface area contributed by atoms with Gasteiger partial charge < -0.3 is 15.0 Å². The van der Waals surface area contributed by atoms with E-state index in [-0.39, 0.29) is 11.8 Å². The van der Waals surface area contributed by atoms with Gasteiger partial charge in [-0.1, -0.05) is 30.3 Å². The number of nitrogens with one attached hydrogen (secondary N) is 1. The Morgan fingerprint density at radius 1 is 0.938 bits per heavy atom. The quantitative estimate of drug-likeness (QED) is 0.421. The third-order valence-electron chi connectivity index (χ3n) is 4.94. The lowest BCUT2D eigenvalue weighted by molar-refractivity contribution is -0.118. The zero-order valence-corrected chi connectivity index (χ0v) is 19.2. The van der Waals surface area contributed by atoms with Crippen molar-refractivity contribution in [1.82, 2.24) is 0 Å². The molecule has 3 aromatic carbocycles. The Balaban J connectivity index is 1.46. The number of nitrogens with zero attached hydrogens (tertiary/aromatic N) is 1. The Hall–Kier alpha value is -3.25. The molecule has 0 bridgehead atoms. The molecular weight excluding hydrogens is 420 g/mol. The van der Waals surface area contributed by atoms with Gasteiger partial charge in [-0.15, -0.1) is 11.8 Å². The number of methoxy groups -OCH3 is 1. The van der Waals surface area contributed by atoms with Crippen LogP contribution in [0.3, 0.4) is 0 Å². The molecule has 0 saturated carbocycles. The summed E-state index contributed by atoms with van der Waals surface area (Å²) in [6.45, 7) is 2.59. The second-order valence-corrected chi connectivity index (χ2v) is 8.34. The van der Waals surface area contributed by atoms with Gasteiger partial charge in [0.15, 0.2) is 0 Å². The Kier molecular flexibility index (Phi) is 8.75. The van der Waals surface area contributed by atoms with Gasteiger partial charge in [0.2, 0.25) is 11.8 Å². The van der Waals surface area contributed by atoms with Gasteiger partial charge in [-0.05, 0) is 61.0 Å². The molecule has 0 atom stereocenters. The van der Waals surface area contributed by atoms with Crippen LogP contribution in [-0.4, -0.2) is 31.2 Å². The molecule has 0 spiro atoms. The molecule has 0 aromatic heterocycles. The first-order valence-corrected chi connectivity index (χ1v) is 11.6. The molecule has 1 N–H and O–H groups in total. The molecule has 3 rings (SSSR count). The molecule has 0 aliphatic carbocycles. The number of benzene rings is 3. The molecule has 0 aliphatic rings. The normalized spacial score (nSPS) is 10.4. The van der Waals surface area contributed by atoms with E-state index in [1.807, 2.05) is 85.8 Å². The van der Waals surface area contributed by atoms with Crippen LogP contribution in [0.1, 0.15) is 18.9 Å². The Morgan fingerprint density at radius 2 is 1.62 bits per heavy atom. The summed E-state index contributed by atoms with van der Waals surface area (Å²) in [6, 6.07) is 24.9. The SMILES string of the molecule is CCN(C(=O)Cc1ccc(NC(=O)CCSc2ccc(OC)cc2)cc1)c1ccccc1. The zero-order valence-electron chi connectivity index (χ0n) is 18.4. The summed E-state index contributed by atoms with van der Waals surface area (Å²) >= 11 is 1.63. The van der Waals surface area contributed by atoms with E-state index in [4.69, 9.17) is 4.74 Å². The number of amides is 2. The number of anilines is 2. The lowest BCUT2D eigenvalue weighted by atomic mass is 10.1. The second kappa shape index (κ2) is 12.0. The van der Waals surface area contributed by atoms with Gasteiger partial charge in [0.25, 0.3) is 0 Å². The monoisotopic (exact) mass is 448 g/mol. The minimum absolute atomic E-state index is 0.0314. The van der Waals surface area contributed by atoms with Crippen molar-refractivity contribution in [3.8, 4) is 5.75 Å². The van der Waals surface area contributed by atoms with Crippen molar-refractivity contribution in [2.24, 2.45) is 0 Å². The predicted octanol–water partition coefficient (Wildman–Crippen LogP) is 5.41. The standard InChI is InChI=1S/C26H28N2O3S/c1-3-28(22-7-5-4-6-8-22)26(30)19-20-9-11-21(12-10-20)27-25(29)17-18-32-24-15-13-23(31-2)14-16-24/h4-16H,3,17-19H2,1-2H3,(H,27,29). The zero-order chi connectivity index (χ0) is 22.8. The van der Waals surface area contributed by atoms with Crippen molar-refractivity contribution in [2.45, 2.75) is 24.7 Å². The van der Waals surface area contributed by atoms with E-state index in [1.165, 1.54) is 0 Å². The van der Waals surface area contributed by atoms with Crippen molar-refractivity contribution < 1.29 is 14.3 Å². The highest BCUT2D eigenvalue weighted by Gasteiger charge is 2.14. The van der Waals surface area contributed by atoms with Crippen LogP contribution in [0.25, 0.3) is 0 Å². The molecule has 0 saturated heterocycles. The van der Waals surface area contributed by atoms with E-state index in [0.29, 0.717) is 25.1 Å². The van der Waals surface area contributed by atoms with Crippen LogP contribution >= 0.6 is 11.8 Å². The second-order valence-electron chi connectivity index (χ2n) is 7.17. The number of ether oxygens (including phenoxy) is 1. The van der Waals surface area contributed by atoms with E-state index in [2.05, 4.69) is 5.32 Å². The van der Waals surface area contributed by atoms with Crippen molar-refractivity contribution in [2.75, 3.05) is 29.6 Å². The van der Waals surface area contributed by atoms with Crippen molar-refractivity contribution in [3.05, 3.63) is 84.4 Å². The molecule has 0 aliphatic heterocycles. The van der Waals surface area contributed by atoms with Crippen molar-refractivity contribution in [3.63, 3.8) is 0 Å². The summed E-state index contributed by atoms with van der Waals surface area (Å²) in [5, 5.41) is 2.92. The topological polar surface area (TPSA) is 58.6 Å². The highest BCUT2D eigenvalue weighted by Crippen LogP contribution is 2.22. The van der Waals surface area contributed by atoms with Crippen LogP contribution in [0.4, 0.5) is 11.4 Å². The first kappa shape index (κ1) is 23.4. The molecule has 5 nitrogen and oxygen atoms in total. The fourth-order valence-corrected chi connectivity index (χ4v) is 4.10. The smallest absolute Gasteiger partial charge is 0.231 e. The lowest BCUT2D eigenvalue weighted by Crippen LogP contribution is -2.31. The van der Waals surface area contributed by atoms with Gasteiger partial charge in [0.1, 0.15) is 5.75 Å². The highest BCUT2D eigenvalue weighted by molar-refractivity contribution is 7.99. The number of carbonyl (C=O) groups excluding carboxylic acids is 2. The minimum atomic E-state index is -0.0314. The van der Waals surface area contributed by atoms with Crippen LogP contribution < -0.4 is 15.0 Å². The third-order valence-corrected chi connectivity index (χ3v) is 5.95. The van der Waals surface area contributed by atoms with E-state index < -0.39 is 0 Å². The van der Waals surface area contributed by atoms with Crippen LogP contribution in [0.15, 0.2) is 83.8 Å². The fourth-order valence-electron chi connectivity index (χ4n) is 3.24. The molecule has 0 fully saturated rings. The number of rotatable bonds is 10. The molecule has 32 heavy (non-hydrogen) atoms. The minimum Gasteiger partial charge on any atom is -0.497 e. The maximum absolute atomic E-state index is 12.7. The number of carbonyl (C=O) groups is 2. The maximum Gasteiger partial charge on any atom is 0.231 e. The summed E-state index contributed by atoms with van der Waals surface area (Å²) < 4.78 is 5.15. The van der Waals surface area contributed by atoms with E-state index in [1.54, 1.807) is 23.8 Å². The first-order chi connectivity index (χ1) is 15.6. The van der Waals surface area contributed by atoms with Crippen LogP contribution in [0.5, 0.6) is 5.75 Å². The van der Waals surface area contributed by atoms with Gasteiger partial charge in [-0.2, -0.15) is 0 Å². The molecule has 0 unspecified atom stereocenters. The largest absolute Gasteiger partial charge is 0.497 e. The van der Waals surface area contributed by atoms with Crippen molar-refractivity contribution in [1.29, 1.82) is 0 Å². The molecule has 2 amide bonds. The average Bonchev–Trinajstić information content (AvgIpc) is 2.82. The van der Waals surface area contributed by atoms with E-state index >= 15 is 0 Å². The summed E-state index contributed by atoms with van der Waals surface area (Å²) in [7, 11) is 1.64. The Morgan fingerprint density at radius 3 is 2.25 bits per heavy atom. The maximum atomic E-state index is 12.7. The lowest BCUT2D eigenvalue weighted by Gasteiger charge is -2.21. The first-order valence-electron chi connectivity index (χ1n) is 10.6. The molecule has 0 heterocycles. The molecule has 6 heteroatoms. The summed E-state index contributed by atoms with van der Waals surface area (Å²) in [4.78, 5) is 27.8. The number of hydrogen-bond acceptors (Lipinski definition) is 4. The average molecular weight is 449 g/mol. The fraction of sp³-hybridized carbons (Fsp3) is 0.231. The van der Waals surface area contributed by atoms with Crippen LogP contribution in [-0.2, 0) is 16.0 Å². The number of thioether (sulfide) groups is 1. The van der Waals surface area contributed by atoms with Gasteiger partial charge in [-0.3, -0.25) is 9.59 Å². The van der Waals surface area contributed by atoms with Gasteiger partial charge in [-0.25, -0.2) is 0 Å². The molecule has 3 aromatic rings. The molecular formula is C26H28N2O3S. The summed E-state index contributed by atoms with van der Waals surface area (Å²) in [5.41, 5.74) is 2.55.